The fraction of sp³-hybridized carbons (Fsp3) is 0.556. The van der Waals surface area contributed by atoms with E-state index in [1.165, 1.54) is 0 Å². The zero-order valence-corrected chi connectivity index (χ0v) is 15.5. The number of hydrogen-bond acceptors (Lipinski definition) is 9. The second kappa shape index (κ2) is 8.01. The van der Waals surface area contributed by atoms with E-state index in [0.717, 1.165) is 50.3 Å². The summed E-state index contributed by atoms with van der Waals surface area (Å²) in [5.74, 6) is 1.48. The Labute approximate surface area is 158 Å². The first-order valence-electron chi connectivity index (χ1n) is 9.32. The lowest BCUT2D eigenvalue weighted by Crippen LogP contribution is -2.38. The summed E-state index contributed by atoms with van der Waals surface area (Å²) < 4.78 is 11.7. The number of likely N-dealkylation sites (tertiary alicyclic amines) is 1. The van der Waals surface area contributed by atoms with Crippen LogP contribution in [0.25, 0.3) is 11.3 Å². The molecule has 9 heteroatoms. The van der Waals surface area contributed by atoms with Crippen LogP contribution in [0, 0.1) is 0 Å². The predicted molar refractivity (Wildman–Crippen MR) is 102 cm³/mol. The van der Waals surface area contributed by atoms with Gasteiger partial charge in [-0.2, -0.15) is 4.98 Å². The van der Waals surface area contributed by atoms with Crippen molar-refractivity contribution in [2.45, 2.75) is 18.9 Å². The highest BCUT2D eigenvalue weighted by Gasteiger charge is 2.21. The molecule has 0 saturated carbocycles. The lowest BCUT2D eigenvalue weighted by atomic mass is 10.1. The van der Waals surface area contributed by atoms with Crippen LogP contribution in [0.4, 0.5) is 11.9 Å². The van der Waals surface area contributed by atoms with Crippen LogP contribution in [0.2, 0.25) is 0 Å². The van der Waals surface area contributed by atoms with Gasteiger partial charge in [0, 0.05) is 50.2 Å². The van der Waals surface area contributed by atoms with E-state index in [9.17, 15) is 0 Å². The number of morpholine rings is 1. The summed E-state index contributed by atoms with van der Waals surface area (Å²) in [6.45, 7) is 4.92. The van der Waals surface area contributed by atoms with Crippen molar-refractivity contribution in [1.29, 1.82) is 0 Å². The number of nitrogens with zero attached hydrogens (tertiary/aromatic N) is 6. The maximum absolute atomic E-state index is 6.22. The Hall–Kier alpha value is -2.52. The molecule has 0 aliphatic carbocycles. The number of rotatable bonds is 4. The lowest BCUT2D eigenvalue weighted by Gasteiger charge is -2.30. The lowest BCUT2D eigenvalue weighted by molar-refractivity contribution is 0.109. The zero-order valence-electron chi connectivity index (χ0n) is 15.5. The molecule has 9 nitrogen and oxygen atoms in total. The summed E-state index contributed by atoms with van der Waals surface area (Å²) in [5, 5.41) is 0. The highest BCUT2D eigenvalue weighted by atomic mass is 16.5. The van der Waals surface area contributed by atoms with E-state index in [0.29, 0.717) is 25.0 Å². The molecule has 0 radical (unpaired) electrons. The van der Waals surface area contributed by atoms with Crippen LogP contribution in [0.3, 0.4) is 0 Å². The molecule has 2 N–H and O–H groups in total. The van der Waals surface area contributed by atoms with Crippen molar-refractivity contribution in [1.82, 2.24) is 24.8 Å². The molecule has 0 atom stereocenters. The van der Waals surface area contributed by atoms with E-state index in [4.69, 9.17) is 20.2 Å². The Morgan fingerprint density at radius 2 is 1.78 bits per heavy atom. The molecular weight excluding hydrogens is 346 g/mol. The van der Waals surface area contributed by atoms with Crippen LogP contribution in [-0.2, 0) is 4.74 Å². The molecule has 2 aliphatic heterocycles. The van der Waals surface area contributed by atoms with E-state index in [1.54, 1.807) is 12.4 Å². The van der Waals surface area contributed by atoms with Crippen molar-refractivity contribution in [3.8, 4) is 17.1 Å². The minimum atomic E-state index is 0.171. The van der Waals surface area contributed by atoms with Gasteiger partial charge in [0.2, 0.25) is 17.8 Å². The average molecular weight is 371 g/mol. The molecule has 144 valence electrons. The van der Waals surface area contributed by atoms with Crippen LogP contribution >= 0.6 is 0 Å². The van der Waals surface area contributed by atoms with Crippen LogP contribution in [0.15, 0.2) is 18.5 Å². The molecule has 0 amide bonds. The summed E-state index contributed by atoms with van der Waals surface area (Å²) in [4.78, 5) is 22.0. The fourth-order valence-corrected chi connectivity index (χ4v) is 3.27. The summed E-state index contributed by atoms with van der Waals surface area (Å²) in [6.07, 6.45) is 5.51. The average Bonchev–Trinajstić information content (AvgIpc) is 2.71. The quantitative estimate of drug-likeness (QED) is 0.837. The Bertz CT molecular complexity index is 757. The summed E-state index contributed by atoms with van der Waals surface area (Å²) in [7, 11) is 2.14. The van der Waals surface area contributed by atoms with Crippen molar-refractivity contribution in [3.05, 3.63) is 18.5 Å². The first-order valence-corrected chi connectivity index (χ1v) is 9.32. The van der Waals surface area contributed by atoms with Gasteiger partial charge >= 0.3 is 0 Å². The standard InChI is InChI=1S/C18H25N7O2/c1-24-4-2-14(3-5-24)27-16-10-15(13-11-20-17(19)21-12-13)22-18(23-16)25-6-8-26-9-7-25/h10-12,14H,2-9H2,1H3,(H2,19,20,21). The van der Waals surface area contributed by atoms with Gasteiger partial charge in [0.1, 0.15) is 6.10 Å². The molecule has 0 bridgehead atoms. The third-order valence-electron chi connectivity index (χ3n) is 4.91. The van der Waals surface area contributed by atoms with Crippen LogP contribution < -0.4 is 15.4 Å². The van der Waals surface area contributed by atoms with Crippen molar-refractivity contribution >= 4 is 11.9 Å². The van der Waals surface area contributed by atoms with Gasteiger partial charge < -0.3 is 25.0 Å². The third kappa shape index (κ3) is 4.42. The van der Waals surface area contributed by atoms with Crippen LogP contribution in [0.5, 0.6) is 5.88 Å². The number of anilines is 2. The minimum Gasteiger partial charge on any atom is -0.474 e. The van der Waals surface area contributed by atoms with Gasteiger partial charge in [-0.15, -0.1) is 0 Å². The third-order valence-corrected chi connectivity index (χ3v) is 4.91. The largest absolute Gasteiger partial charge is 0.474 e. The number of ether oxygens (including phenoxy) is 2. The van der Waals surface area contributed by atoms with Crippen molar-refractivity contribution < 1.29 is 9.47 Å². The zero-order chi connectivity index (χ0) is 18.6. The van der Waals surface area contributed by atoms with E-state index in [2.05, 4.69) is 31.8 Å². The normalized spacial score (nSPS) is 19.2. The van der Waals surface area contributed by atoms with Gasteiger partial charge in [-0.3, -0.25) is 0 Å². The minimum absolute atomic E-state index is 0.171. The molecular formula is C18H25N7O2. The first kappa shape index (κ1) is 17.9. The molecule has 2 fully saturated rings. The predicted octanol–water partition coefficient (Wildman–Crippen LogP) is 0.825. The van der Waals surface area contributed by atoms with Gasteiger partial charge in [-0.1, -0.05) is 0 Å². The number of aromatic nitrogens is 4. The number of piperidine rings is 1. The van der Waals surface area contributed by atoms with Gasteiger partial charge in [0.05, 0.1) is 18.9 Å². The second-order valence-corrected chi connectivity index (χ2v) is 6.94. The maximum Gasteiger partial charge on any atom is 0.229 e. The van der Waals surface area contributed by atoms with E-state index in [-0.39, 0.29) is 12.1 Å². The molecule has 4 heterocycles. The van der Waals surface area contributed by atoms with Gasteiger partial charge in [-0.05, 0) is 19.9 Å². The number of nitrogen functional groups attached to an aromatic ring is 1. The molecule has 0 unspecified atom stereocenters. The summed E-state index contributed by atoms with van der Waals surface area (Å²) in [5.41, 5.74) is 7.13. The molecule has 2 aromatic heterocycles. The van der Waals surface area contributed by atoms with E-state index < -0.39 is 0 Å². The molecule has 0 aromatic carbocycles. The van der Waals surface area contributed by atoms with Gasteiger partial charge in [0.25, 0.3) is 0 Å². The monoisotopic (exact) mass is 371 g/mol. The van der Waals surface area contributed by atoms with Gasteiger partial charge in [0.15, 0.2) is 0 Å². The summed E-state index contributed by atoms with van der Waals surface area (Å²) >= 11 is 0. The first-order chi connectivity index (χ1) is 13.2. The smallest absolute Gasteiger partial charge is 0.229 e. The molecule has 2 aromatic rings. The van der Waals surface area contributed by atoms with Crippen molar-refractivity contribution in [2.24, 2.45) is 0 Å². The van der Waals surface area contributed by atoms with E-state index in [1.807, 2.05) is 6.07 Å². The van der Waals surface area contributed by atoms with E-state index >= 15 is 0 Å². The Kier molecular flexibility index (Phi) is 5.30. The fourth-order valence-electron chi connectivity index (χ4n) is 3.27. The topological polar surface area (TPSA) is 103 Å². The SMILES string of the molecule is CN1CCC(Oc2cc(-c3cnc(N)nc3)nc(N3CCOCC3)n2)CC1. The summed E-state index contributed by atoms with van der Waals surface area (Å²) in [6, 6.07) is 1.86. The number of hydrogen-bond donors (Lipinski definition) is 1. The Balaban J connectivity index is 1.62. The second-order valence-electron chi connectivity index (χ2n) is 6.94. The Morgan fingerprint density at radius 3 is 2.48 bits per heavy atom. The maximum atomic E-state index is 6.22. The van der Waals surface area contributed by atoms with Gasteiger partial charge in [-0.25, -0.2) is 15.0 Å². The van der Waals surface area contributed by atoms with Crippen molar-refractivity contribution in [3.63, 3.8) is 0 Å². The van der Waals surface area contributed by atoms with Crippen LogP contribution in [-0.4, -0.2) is 77.4 Å². The highest BCUT2D eigenvalue weighted by Crippen LogP contribution is 2.26. The molecule has 27 heavy (non-hydrogen) atoms. The van der Waals surface area contributed by atoms with Crippen molar-refractivity contribution in [2.75, 3.05) is 57.1 Å². The molecule has 2 saturated heterocycles. The molecule has 0 spiro atoms. The van der Waals surface area contributed by atoms with Crippen LogP contribution in [0.1, 0.15) is 12.8 Å². The molecule has 2 aliphatic rings. The Morgan fingerprint density at radius 1 is 1.07 bits per heavy atom. The highest BCUT2D eigenvalue weighted by molar-refractivity contribution is 5.60. The molecule has 4 rings (SSSR count). The number of nitrogens with two attached hydrogens (primary N) is 1.